The highest BCUT2D eigenvalue weighted by atomic mass is 19.2. The zero-order valence-electron chi connectivity index (χ0n) is 11.3. The average Bonchev–Trinajstić information content (AvgIpc) is 2.33. The van der Waals surface area contributed by atoms with Crippen LogP contribution in [-0.2, 0) is 0 Å². The van der Waals surface area contributed by atoms with Crippen LogP contribution in [0.3, 0.4) is 0 Å². The van der Waals surface area contributed by atoms with Gasteiger partial charge in [0.15, 0.2) is 11.6 Å². The topological polar surface area (TPSA) is 47.3 Å². The first-order valence-electron chi connectivity index (χ1n) is 6.24. The molecule has 3 N–H and O–H groups in total. The summed E-state index contributed by atoms with van der Waals surface area (Å²) in [6.45, 7) is 3.78. The minimum absolute atomic E-state index is 0.00411. The van der Waals surface area contributed by atoms with Crippen LogP contribution in [0.1, 0.15) is 13.8 Å². The Morgan fingerprint density at radius 1 is 1.15 bits per heavy atom. The molecule has 0 heterocycles. The summed E-state index contributed by atoms with van der Waals surface area (Å²) in [5, 5.41) is 2.79. The van der Waals surface area contributed by atoms with E-state index in [2.05, 4.69) is 5.32 Å². The van der Waals surface area contributed by atoms with Gasteiger partial charge in [-0.2, -0.15) is 0 Å². The van der Waals surface area contributed by atoms with E-state index in [0.717, 1.165) is 6.07 Å². The molecule has 0 aliphatic rings. The van der Waals surface area contributed by atoms with E-state index >= 15 is 0 Å². The standard InChI is InChI=1S/C15H16F2N2O/c1-9(2)20-12-7-10(18)6-11(8-12)19-14-5-3-4-13(16)15(14)17/h3-9,19H,18H2,1-2H3. The predicted octanol–water partition coefficient (Wildman–Crippen LogP) is 4.08. The predicted molar refractivity (Wildman–Crippen MR) is 76.3 cm³/mol. The molecule has 0 saturated heterocycles. The van der Waals surface area contributed by atoms with Gasteiger partial charge in [0.1, 0.15) is 5.75 Å². The maximum absolute atomic E-state index is 13.6. The third kappa shape index (κ3) is 3.38. The number of nitrogen functional groups attached to an aromatic ring is 1. The fraction of sp³-hybridized carbons (Fsp3) is 0.200. The molecule has 0 aliphatic carbocycles. The van der Waals surface area contributed by atoms with Crippen molar-refractivity contribution in [2.24, 2.45) is 0 Å². The van der Waals surface area contributed by atoms with E-state index in [1.807, 2.05) is 13.8 Å². The second-order valence-electron chi connectivity index (χ2n) is 4.68. The summed E-state index contributed by atoms with van der Waals surface area (Å²) in [4.78, 5) is 0. The van der Waals surface area contributed by atoms with Gasteiger partial charge in [-0.05, 0) is 32.0 Å². The molecule has 20 heavy (non-hydrogen) atoms. The second-order valence-corrected chi connectivity index (χ2v) is 4.68. The summed E-state index contributed by atoms with van der Waals surface area (Å²) in [7, 11) is 0. The summed E-state index contributed by atoms with van der Waals surface area (Å²) in [5.41, 5.74) is 6.82. The number of nitrogens with two attached hydrogens (primary N) is 1. The molecule has 0 unspecified atom stereocenters. The van der Waals surface area contributed by atoms with Crippen molar-refractivity contribution in [2.45, 2.75) is 20.0 Å². The Morgan fingerprint density at radius 2 is 1.90 bits per heavy atom. The Morgan fingerprint density at radius 3 is 2.60 bits per heavy atom. The molecule has 0 aromatic heterocycles. The summed E-state index contributed by atoms with van der Waals surface area (Å²) < 4.78 is 32.3. The molecule has 2 rings (SSSR count). The smallest absolute Gasteiger partial charge is 0.182 e. The summed E-state index contributed by atoms with van der Waals surface area (Å²) in [5.74, 6) is -1.27. The lowest BCUT2D eigenvalue weighted by Crippen LogP contribution is -2.06. The molecule has 0 bridgehead atoms. The lowest BCUT2D eigenvalue weighted by atomic mass is 10.2. The summed E-state index contributed by atoms with van der Waals surface area (Å²) in [6, 6.07) is 8.92. The van der Waals surface area contributed by atoms with Gasteiger partial charge in [-0.25, -0.2) is 8.78 Å². The second kappa shape index (κ2) is 5.77. The van der Waals surface area contributed by atoms with E-state index in [9.17, 15) is 8.78 Å². The number of nitrogens with one attached hydrogen (secondary N) is 1. The third-order valence-electron chi connectivity index (χ3n) is 2.53. The number of anilines is 3. The van der Waals surface area contributed by atoms with Crippen molar-refractivity contribution in [3.8, 4) is 5.75 Å². The normalized spacial score (nSPS) is 10.7. The maximum Gasteiger partial charge on any atom is 0.182 e. The first-order chi connectivity index (χ1) is 9.45. The number of hydrogen-bond acceptors (Lipinski definition) is 3. The number of hydrogen-bond donors (Lipinski definition) is 2. The van der Waals surface area contributed by atoms with Crippen LogP contribution in [0.5, 0.6) is 5.75 Å². The van der Waals surface area contributed by atoms with E-state index in [0.29, 0.717) is 17.1 Å². The van der Waals surface area contributed by atoms with Gasteiger partial charge < -0.3 is 15.8 Å². The lowest BCUT2D eigenvalue weighted by Gasteiger charge is -2.13. The van der Waals surface area contributed by atoms with Gasteiger partial charge in [0, 0.05) is 23.5 Å². The van der Waals surface area contributed by atoms with Crippen molar-refractivity contribution in [1.82, 2.24) is 0 Å². The number of benzene rings is 2. The highest BCUT2D eigenvalue weighted by Gasteiger charge is 2.09. The molecule has 0 fully saturated rings. The molecular formula is C15H16F2N2O. The molecule has 0 saturated carbocycles. The molecule has 0 atom stereocenters. The van der Waals surface area contributed by atoms with Gasteiger partial charge in [-0.1, -0.05) is 6.07 Å². The Balaban J connectivity index is 2.29. The van der Waals surface area contributed by atoms with Crippen LogP contribution in [0.4, 0.5) is 25.8 Å². The largest absolute Gasteiger partial charge is 0.491 e. The zero-order valence-corrected chi connectivity index (χ0v) is 11.3. The molecule has 2 aromatic carbocycles. The fourth-order valence-electron chi connectivity index (χ4n) is 1.79. The van der Waals surface area contributed by atoms with Gasteiger partial charge in [-0.3, -0.25) is 0 Å². The van der Waals surface area contributed by atoms with Crippen LogP contribution in [0.15, 0.2) is 36.4 Å². The summed E-state index contributed by atoms with van der Waals surface area (Å²) in [6.07, 6.45) is -0.00411. The van der Waals surface area contributed by atoms with Crippen molar-refractivity contribution >= 4 is 17.1 Å². The molecular weight excluding hydrogens is 262 g/mol. The van der Waals surface area contributed by atoms with Gasteiger partial charge in [0.05, 0.1) is 11.8 Å². The molecule has 106 valence electrons. The van der Waals surface area contributed by atoms with Crippen molar-refractivity contribution in [2.75, 3.05) is 11.1 Å². The van der Waals surface area contributed by atoms with E-state index < -0.39 is 11.6 Å². The van der Waals surface area contributed by atoms with Crippen LogP contribution in [0.25, 0.3) is 0 Å². The van der Waals surface area contributed by atoms with E-state index in [4.69, 9.17) is 10.5 Å². The van der Waals surface area contributed by atoms with Crippen molar-refractivity contribution in [1.29, 1.82) is 0 Å². The highest BCUT2D eigenvalue weighted by Crippen LogP contribution is 2.27. The monoisotopic (exact) mass is 278 g/mol. The molecule has 0 aliphatic heterocycles. The van der Waals surface area contributed by atoms with Crippen LogP contribution >= 0.6 is 0 Å². The van der Waals surface area contributed by atoms with Crippen LogP contribution < -0.4 is 15.8 Å². The third-order valence-corrected chi connectivity index (χ3v) is 2.53. The minimum Gasteiger partial charge on any atom is -0.491 e. The molecule has 0 spiro atoms. The van der Waals surface area contributed by atoms with Crippen LogP contribution in [0.2, 0.25) is 0 Å². The number of rotatable bonds is 4. The first-order valence-corrected chi connectivity index (χ1v) is 6.24. The highest BCUT2D eigenvalue weighted by molar-refractivity contribution is 5.66. The maximum atomic E-state index is 13.6. The van der Waals surface area contributed by atoms with Gasteiger partial charge >= 0.3 is 0 Å². The van der Waals surface area contributed by atoms with Gasteiger partial charge in [-0.15, -0.1) is 0 Å². The lowest BCUT2D eigenvalue weighted by molar-refractivity contribution is 0.242. The number of halogens is 2. The SMILES string of the molecule is CC(C)Oc1cc(N)cc(Nc2cccc(F)c2F)c1. The quantitative estimate of drug-likeness (QED) is 0.828. The van der Waals surface area contributed by atoms with Gasteiger partial charge in [0.25, 0.3) is 0 Å². The molecule has 5 heteroatoms. The molecule has 0 radical (unpaired) electrons. The molecule has 0 amide bonds. The van der Waals surface area contributed by atoms with Gasteiger partial charge in [0.2, 0.25) is 0 Å². The molecule has 3 nitrogen and oxygen atoms in total. The fourth-order valence-corrected chi connectivity index (χ4v) is 1.79. The Hall–Kier alpha value is -2.30. The Labute approximate surface area is 116 Å². The van der Waals surface area contributed by atoms with E-state index in [1.54, 1.807) is 18.2 Å². The minimum atomic E-state index is -0.929. The van der Waals surface area contributed by atoms with Crippen molar-refractivity contribution in [3.63, 3.8) is 0 Å². The summed E-state index contributed by atoms with van der Waals surface area (Å²) >= 11 is 0. The number of ether oxygens (including phenoxy) is 1. The Bertz CT molecular complexity index is 615. The molecule has 2 aromatic rings. The first kappa shape index (κ1) is 14.1. The van der Waals surface area contributed by atoms with Crippen LogP contribution in [-0.4, -0.2) is 6.10 Å². The van der Waals surface area contributed by atoms with E-state index in [-0.39, 0.29) is 11.8 Å². The zero-order chi connectivity index (χ0) is 14.7. The average molecular weight is 278 g/mol. The van der Waals surface area contributed by atoms with E-state index in [1.165, 1.54) is 12.1 Å². The van der Waals surface area contributed by atoms with Crippen molar-refractivity contribution < 1.29 is 13.5 Å². The van der Waals surface area contributed by atoms with Crippen LogP contribution in [0, 0.1) is 11.6 Å². The Kier molecular flexibility index (Phi) is 4.08. The van der Waals surface area contributed by atoms with Crippen molar-refractivity contribution in [3.05, 3.63) is 48.0 Å².